The molecule has 0 aliphatic carbocycles. The standard InChI is InChI=1S/C2H2O6.2Nd/c3-1(4)7-8-2(5)6;;/h(H,3,4)(H,5,6);;. The van der Waals surface area contributed by atoms with Crippen molar-refractivity contribution >= 4 is 12.3 Å². The van der Waals surface area contributed by atoms with Crippen molar-refractivity contribution in [3.63, 3.8) is 0 Å². The molecule has 0 aliphatic rings. The van der Waals surface area contributed by atoms with Gasteiger partial charge in [0, 0.05) is 81.7 Å². The summed E-state index contributed by atoms with van der Waals surface area (Å²) in [5.41, 5.74) is 0. The fourth-order valence-electron chi connectivity index (χ4n) is 0.0713. The Kier molecular flexibility index (Phi) is 17.8. The van der Waals surface area contributed by atoms with Crippen molar-refractivity contribution in [2.75, 3.05) is 0 Å². The van der Waals surface area contributed by atoms with E-state index in [1.54, 1.807) is 0 Å². The molecule has 0 aromatic heterocycles. The van der Waals surface area contributed by atoms with Crippen molar-refractivity contribution in [2.24, 2.45) is 0 Å². The van der Waals surface area contributed by atoms with E-state index in [2.05, 4.69) is 9.78 Å². The Bertz CT molecular complexity index is 98.3. The van der Waals surface area contributed by atoms with Gasteiger partial charge in [-0.15, -0.1) is 0 Å². The SMILES string of the molecule is O=C(O)OOC(=O)O.[Nd].[Nd]. The molecule has 0 amide bonds. The summed E-state index contributed by atoms with van der Waals surface area (Å²) >= 11 is 0. The molecule has 0 radical (unpaired) electrons. The van der Waals surface area contributed by atoms with Crippen molar-refractivity contribution in [3.05, 3.63) is 0 Å². The summed E-state index contributed by atoms with van der Waals surface area (Å²) in [5.74, 6) is 0. The smallest absolute Gasteiger partial charge is 0.447 e. The van der Waals surface area contributed by atoms with E-state index in [-0.39, 0.29) is 81.7 Å². The Hall–Kier alpha value is 1.24. The monoisotopic (exact) mass is 406 g/mol. The molecule has 8 heteroatoms. The van der Waals surface area contributed by atoms with Gasteiger partial charge in [-0.05, 0) is 0 Å². The summed E-state index contributed by atoms with van der Waals surface area (Å²) in [6.07, 6.45) is -3.60. The number of hydrogen-bond donors (Lipinski definition) is 2. The van der Waals surface area contributed by atoms with E-state index in [1.165, 1.54) is 0 Å². The Morgan fingerprint density at radius 3 is 1.20 bits per heavy atom. The zero-order chi connectivity index (χ0) is 6.57. The second kappa shape index (κ2) is 10.2. The van der Waals surface area contributed by atoms with Crippen molar-refractivity contribution in [2.45, 2.75) is 0 Å². The number of rotatable bonds is 0. The van der Waals surface area contributed by atoms with Gasteiger partial charge in [0.05, 0.1) is 0 Å². The van der Waals surface area contributed by atoms with Crippen molar-refractivity contribution in [1.82, 2.24) is 0 Å². The maximum Gasteiger partial charge on any atom is 0.547 e. The van der Waals surface area contributed by atoms with Gasteiger partial charge in [-0.2, -0.15) is 0 Å². The molecule has 54 valence electrons. The van der Waals surface area contributed by atoms with Crippen LogP contribution in [0.3, 0.4) is 0 Å². The molecule has 0 atom stereocenters. The van der Waals surface area contributed by atoms with Crippen LogP contribution in [0.1, 0.15) is 0 Å². The Labute approximate surface area is 121 Å². The maximum absolute atomic E-state index is 9.29. The second-order valence-corrected chi connectivity index (χ2v) is 0.698. The normalized spacial score (nSPS) is 6.00. The third-order valence-corrected chi connectivity index (χ3v) is 0.184. The first-order valence-electron chi connectivity index (χ1n) is 1.43. The molecule has 0 saturated carbocycles. The van der Waals surface area contributed by atoms with Crippen LogP contribution in [0.15, 0.2) is 0 Å². The summed E-state index contributed by atoms with van der Waals surface area (Å²) in [7, 11) is 0. The van der Waals surface area contributed by atoms with Crippen LogP contribution >= 0.6 is 0 Å². The molecule has 0 aromatic rings. The summed E-state index contributed by atoms with van der Waals surface area (Å²) in [6.45, 7) is 0. The molecule has 6 nitrogen and oxygen atoms in total. The quantitative estimate of drug-likeness (QED) is 0.441. The van der Waals surface area contributed by atoms with E-state index in [1.807, 2.05) is 0 Å². The van der Waals surface area contributed by atoms with Crippen LogP contribution in [0.2, 0.25) is 0 Å². The van der Waals surface area contributed by atoms with Crippen LogP contribution in [0.25, 0.3) is 0 Å². The van der Waals surface area contributed by atoms with Crippen LogP contribution in [-0.4, -0.2) is 22.5 Å². The predicted octanol–water partition coefficient (Wildman–Crippen LogP) is 0.291. The Morgan fingerprint density at radius 1 is 0.900 bits per heavy atom. The molecule has 10 heavy (non-hydrogen) atoms. The maximum atomic E-state index is 9.29. The van der Waals surface area contributed by atoms with Crippen LogP contribution in [-0.2, 0) is 9.78 Å². The molecule has 0 bridgehead atoms. The molecular weight excluding hydrogens is 408 g/mol. The minimum absolute atomic E-state index is 0. The largest absolute Gasteiger partial charge is 0.547 e. The summed E-state index contributed by atoms with van der Waals surface area (Å²) < 4.78 is 0. The van der Waals surface area contributed by atoms with Crippen LogP contribution in [0, 0.1) is 81.7 Å². The zero-order valence-corrected chi connectivity index (χ0v) is 10.9. The van der Waals surface area contributed by atoms with Gasteiger partial charge in [-0.1, -0.05) is 0 Å². The fourth-order valence-corrected chi connectivity index (χ4v) is 0.0713. The van der Waals surface area contributed by atoms with Gasteiger partial charge in [-0.25, -0.2) is 19.4 Å². The van der Waals surface area contributed by atoms with E-state index in [4.69, 9.17) is 10.2 Å². The molecular formula is C2H2Nd2O6. The van der Waals surface area contributed by atoms with E-state index in [0.29, 0.717) is 0 Å². The summed E-state index contributed by atoms with van der Waals surface area (Å²) in [5, 5.41) is 15.1. The Balaban J connectivity index is -0.000000245. The third-order valence-electron chi connectivity index (χ3n) is 0.184. The van der Waals surface area contributed by atoms with E-state index in [9.17, 15) is 9.59 Å². The number of carbonyl (C=O) groups is 2. The predicted molar refractivity (Wildman–Crippen MR) is 18.2 cm³/mol. The van der Waals surface area contributed by atoms with Gasteiger partial charge in [0.25, 0.3) is 0 Å². The molecule has 0 aliphatic heterocycles. The first-order valence-corrected chi connectivity index (χ1v) is 1.43. The first-order chi connectivity index (χ1) is 3.63. The van der Waals surface area contributed by atoms with Crippen molar-refractivity contribution in [1.29, 1.82) is 0 Å². The number of hydrogen-bond acceptors (Lipinski definition) is 4. The molecule has 0 spiro atoms. The van der Waals surface area contributed by atoms with Gasteiger partial charge in [0.2, 0.25) is 0 Å². The van der Waals surface area contributed by atoms with Gasteiger partial charge in [0.1, 0.15) is 0 Å². The van der Waals surface area contributed by atoms with Crippen LogP contribution < -0.4 is 0 Å². The van der Waals surface area contributed by atoms with Gasteiger partial charge in [0.15, 0.2) is 0 Å². The van der Waals surface area contributed by atoms with Crippen LogP contribution in [0.4, 0.5) is 9.59 Å². The molecule has 2 N–H and O–H groups in total. The van der Waals surface area contributed by atoms with Gasteiger partial charge in [-0.3, -0.25) is 0 Å². The molecule has 0 fully saturated rings. The average Bonchev–Trinajstić information content (AvgIpc) is 1.61. The van der Waals surface area contributed by atoms with Crippen LogP contribution in [0.5, 0.6) is 0 Å². The fraction of sp³-hybridized carbons (Fsp3) is 0. The summed E-state index contributed by atoms with van der Waals surface area (Å²) in [6, 6.07) is 0. The van der Waals surface area contributed by atoms with Gasteiger partial charge < -0.3 is 10.2 Å². The topological polar surface area (TPSA) is 93.1 Å². The first kappa shape index (κ1) is 17.4. The Morgan fingerprint density at radius 2 is 1.10 bits per heavy atom. The van der Waals surface area contributed by atoms with E-state index >= 15 is 0 Å². The van der Waals surface area contributed by atoms with Crippen molar-refractivity contribution < 1.29 is 111 Å². The molecule has 0 aromatic carbocycles. The average molecular weight is 411 g/mol. The minimum atomic E-state index is -1.80. The summed E-state index contributed by atoms with van der Waals surface area (Å²) in [4.78, 5) is 24.8. The molecule has 0 heterocycles. The third kappa shape index (κ3) is 16.1. The molecule has 0 unspecified atom stereocenters. The van der Waals surface area contributed by atoms with E-state index in [0.717, 1.165) is 0 Å². The molecule has 0 rings (SSSR count). The number of carboxylic acid groups (broad SMARTS) is 2. The minimum Gasteiger partial charge on any atom is -0.447 e. The zero-order valence-electron chi connectivity index (χ0n) is 4.53. The molecule has 0 saturated heterocycles. The van der Waals surface area contributed by atoms with Gasteiger partial charge >= 0.3 is 12.3 Å². The van der Waals surface area contributed by atoms with Crippen molar-refractivity contribution in [3.8, 4) is 0 Å². The second-order valence-electron chi connectivity index (χ2n) is 0.698. The van der Waals surface area contributed by atoms with E-state index < -0.39 is 12.3 Å².